The molecule has 3 aliphatic rings. The Bertz CT molecular complexity index is 773. The molecule has 0 saturated carbocycles. The standard InChI is InChI=1S/C23H30N2O2S/c1-4-22-20-16-18(27-12-3-8-24-10-13-26-14-11-24)6-7-19(20)21(17-25(22)9-1)23-5-2-15-28-23/h2,5-7,15-16,21-22H,1,3-4,8-14,17H2/t21-,22+/m0/s1. The highest BCUT2D eigenvalue weighted by Gasteiger charge is 2.37. The van der Waals surface area contributed by atoms with Gasteiger partial charge in [0.05, 0.1) is 19.8 Å². The molecule has 5 heteroatoms. The van der Waals surface area contributed by atoms with E-state index in [1.807, 2.05) is 11.3 Å². The number of hydrogen-bond donors (Lipinski definition) is 0. The molecule has 1 aromatic heterocycles. The van der Waals surface area contributed by atoms with Gasteiger partial charge in [0.1, 0.15) is 5.75 Å². The Morgan fingerprint density at radius 3 is 2.89 bits per heavy atom. The van der Waals surface area contributed by atoms with E-state index in [1.165, 1.54) is 35.4 Å². The van der Waals surface area contributed by atoms with Crippen LogP contribution >= 0.6 is 11.3 Å². The summed E-state index contributed by atoms with van der Waals surface area (Å²) in [7, 11) is 0. The molecule has 0 unspecified atom stereocenters. The number of ether oxygens (including phenoxy) is 2. The molecule has 0 spiro atoms. The molecule has 0 bridgehead atoms. The zero-order valence-electron chi connectivity index (χ0n) is 16.5. The molecule has 2 saturated heterocycles. The topological polar surface area (TPSA) is 24.9 Å². The van der Waals surface area contributed by atoms with Crippen LogP contribution in [0.15, 0.2) is 35.7 Å². The summed E-state index contributed by atoms with van der Waals surface area (Å²) in [4.78, 5) is 6.65. The molecule has 4 heterocycles. The van der Waals surface area contributed by atoms with Gasteiger partial charge in [-0.1, -0.05) is 12.1 Å². The monoisotopic (exact) mass is 398 g/mol. The van der Waals surface area contributed by atoms with Crippen LogP contribution in [-0.2, 0) is 4.74 Å². The van der Waals surface area contributed by atoms with Crippen molar-refractivity contribution in [2.45, 2.75) is 31.2 Å². The van der Waals surface area contributed by atoms with E-state index < -0.39 is 0 Å². The summed E-state index contributed by atoms with van der Waals surface area (Å²) in [6, 6.07) is 11.9. The summed E-state index contributed by atoms with van der Waals surface area (Å²) >= 11 is 1.89. The van der Waals surface area contributed by atoms with Crippen molar-refractivity contribution in [3.63, 3.8) is 0 Å². The minimum Gasteiger partial charge on any atom is -0.494 e. The summed E-state index contributed by atoms with van der Waals surface area (Å²) in [6.45, 7) is 8.14. The van der Waals surface area contributed by atoms with Gasteiger partial charge in [-0.05, 0) is 60.5 Å². The number of rotatable bonds is 6. The van der Waals surface area contributed by atoms with Crippen molar-refractivity contribution < 1.29 is 9.47 Å². The smallest absolute Gasteiger partial charge is 0.119 e. The summed E-state index contributed by atoms with van der Waals surface area (Å²) in [5.74, 6) is 1.55. The van der Waals surface area contributed by atoms with Gasteiger partial charge in [-0.25, -0.2) is 0 Å². The first-order chi connectivity index (χ1) is 13.9. The molecule has 3 aliphatic heterocycles. The quantitative estimate of drug-likeness (QED) is 0.683. The number of morpholine rings is 1. The van der Waals surface area contributed by atoms with E-state index in [-0.39, 0.29) is 0 Å². The second kappa shape index (κ2) is 8.54. The second-order valence-corrected chi connectivity index (χ2v) is 9.15. The van der Waals surface area contributed by atoms with Crippen LogP contribution in [0.3, 0.4) is 0 Å². The Morgan fingerprint density at radius 2 is 2.04 bits per heavy atom. The van der Waals surface area contributed by atoms with Crippen LogP contribution in [-0.4, -0.2) is 62.3 Å². The maximum Gasteiger partial charge on any atom is 0.119 e. The minimum atomic E-state index is 0.514. The number of thiophene rings is 1. The van der Waals surface area contributed by atoms with Crippen molar-refractivity contribution in [3.05, 3.63) is 51.7 Å². The highest BCUT2D eigenvalue weighted by Crippen LogP contribution is 2.46. The Hall–Kier alpha value is -1.40. The number of hydrogen-bond acceptors (Lipinski definition) is 5. The largest absolute Gasteiger partial charge is 0.494 e. The van der Waals surface area contributed by atoms with E-state index in [0.717, 1.165) is 58.2 Å². The van der Waals surface area contributed by atoms with Crippen molar-refractivity contribution in [1.82, 2.24) is 9.80 Å². The summed E-state index contributed by atoms with van der Waals surface area (Å²) in [5.41, 5.74) is 3.03. The van der Waals surface area contributed by atoms with Crippen LogP contribution in [0.2, 0.25) is 0 Å². The van der Waals surface area contributed by atoms with Crippen molar-refractivity contribution in [2.75, 3.05) is 52.5 Å². The minimum absolute atomic E-state index is 0.514. The first-order valence-electron chi connectivity index (χ1n) is 10.7. The number of benzene rings is 1. The lowest BCUT2D eigenvalue weighted by molar-refractivity contribution is 0.0358. The molecular formula is C23H30N2O2S. The first kappa shape index (κ1) is 18.6. The van der Waals surface area contributed by atoms with E-state index in [9.17, 15) is 0 Å². The van der Waals surface area contributed by atoms with Crippen LogP contribution in [0.1, 0.15) is 47.2 Å². The van der Waals surface area contributed by atoms with Crippen LogP contribution < -0.4 is 4.74 Å². The lowest BCUT2D eigenvalue weighted by Crippen LogP contribution is -2.37. The average Bonchev–Trinajstić information content (AvgIpc) is 3.43. The molecule has 0 N–H and O–H groups in total. The number of fused-ring (bicyclic) bond motifs is 3. The predicted molar refractivity (Wildman–Crippen MR) is 114 cm³/mol. The summed E-state index contributed by atoms with van der Waals surface area (Å²) < 4.78 is 11.6. The van der Waals surface area contributed by atoms with Gasteiger partial charge in [-0.15, -0.1) is 11.3 Å². The third kappa shape index (κ3) is 3.86. The second-order valence-electron chi connectivity index (χ2n) is 8.17. The Morgan fingerprint density at radius 1 is 1.11 bits per heavy atom. The lowest BCUT2D eigenvalue weighted by Gasteiger charge is -2.37. The Labute approximate surface area is 172 Å². The molecule has 4 nitrogen and oxygen atoms in total. The molecule has 0 aliphatic carbocycles. The average molecular weight is 399 g/mol. The molecule has 1 aromatic carbocycles. The third-order valence-electron chi connectivity index (χ3n) is 6.45. The Balaban J connectivity index is 1.27. The predicted octanol–water partition coefficient (Wildman–Crippen LogP) is 4.13. The molecule has 0 amide bonds. The fraction of sp³-hybridized carbons (Fsp3) is 0.565. The van der Waals surface area contributed by atoms with Crippen LogP contribution in [0.4, 0.5) is 0 Å². The maximum atomic E-state index is 6.16. The van der Waals surface area contributed by atoms with Crippen molar-refractivity contribution in [2.24, 2.45) is 0 Å². The van der Waals surface area contributed by atoms with Crippen molar-refractivity contribution in [1.29, 1.82) is 0 Å². The van der Waals surface area contributed by atoms with Gasteiger partial charge in [-0.2, -0.15) is 0 Å². The SMILES string of the molecule is c1csc([C@H]2CN3CCC[C@@H]3c3cc(OCCCN4CCOCC4)ccc32)c1. The molecular weight excluding hydrogens is 368 g/mol. The molecule has 2 aromatic rings. The van der Waals surface area contributed by atoms with Gasteiger partial charge in [0.2, 0.25) is 0 Å². The molecule has 150 valence electrons. The van der Waals surface area contributed by atoms with E-state index in [2.05, 4.69) is 45.5 Å². The maximum absolute atomic E-state index is 6.16. The van der Waals surface area contributed by atoms with E-state index in [4.69, 9.17) is 9.47 Å². The zero-order valence-corrected chi connectivity index (χ0v) is 17.3. The van der Waals surface area contributed by atoms with Crippen molar-refractivity contribution in [3.8, 4) is 5.75 Å². The lowest BCUT2D eigenvalue weighted by atomic mass is 9.84. The van der Waals surface area contributed by atoms with Gasteiger partial charge in [0.15, 0.2) is 0 Å². The van der Waals surface area contributed by atoms with Gasteiger partial charge in [0.25, 0.3) is 0 Å². The Kier molecular flexibility index (Phi) is 5.68. The molecule has 5 rings (SSSR count). The normalized spacial score (nSPS) is 25.4. The van der Waals surface area contributed by atoms with Gasteiger partial charge >= 0.3 is 0 Å². The summed E-state index contributed by atoms with van der Waals surface area (Å²) in [6.07, 6.45) is 3.67. The molecule has 2 atom stereocenters. The fourth-order valence-corrected chi connectivity index (χ4v) is 5.85. The number of nitrogens with zero attached hydrogens (tertiary/aromatic N) is 2. The third-order valence-corrected chi connectivity index (χ3v) is 7.44. The van der Waals surface area contributed by atoms with Crippen LogP contribution in [0.5, 0.6) is 5.75 Å². The van der Waals surface area contributed by atoms with E-state index >= 15 is 0 Å². The molecule has 2 fully saturated rings. The highest BCUT2D eigenvalue weighted by molar-refractivity contribution is 7.10. The first-order valence-corrected chi connectivity index (χ1v) is 11.6. The van der Waals surface area contributed by atoms with Gasteiger partial charge in [-0.3, -0.25) is 9.80 Å². The van der Waals surface area contributed by atoms with Crippen LogP contribution in [0.25, 0.3) is 0 Å². The molecule has 28 heavy (non-hydrogen) atoms. The fourth-order valence-electron chi connectivity index (χ4n) is 5.01. The summed E-state index contributed by atoms with van der Waals surface area (Å²) in [5, 5.41) is 2.21. The molecule has 0 radical (unpaired) electrons. The highest BCUT2D eigenvalue weighted by atomic mass is 32.1. The van der Waals surface area contributed by atoms with E-state index in [1.54, 1.807) is 0 Å². The zero-order chi connectivity index (χ0) is 18.8. The van der Waals surface area contributed by atoms with E-state index in [0.29, 0.717) is 12.0 Å². The van der Waals surface area contributed by atoms with Crippen LogP contribution in [0, 0.1) is 0 Å². The van der Waals surface area contributed by atoms with Crippen molar-refractivity contribution >= 4 is 11.3 Å². The van der Waals surface area contributed by atoms with Gasteiger partial charge < -0.3 is 9.47 Å². The van der Waals surface area contributed by atoms with Gasteiger partial charge in [0, 0.05) is 43.0 Å².